The lowest BCUT2D eigenvalue weighted by Crippen LogP contribution is -2.26. The second-order valence-corrected chi connectivity index (χ2v) is 6.75. The molecular formula is C15H24Cl2O2. The van der Waals surface area contributed by atoms with Crippen LogP contribution in [0.4, 0.5) is 0 Å². The van der Waals surface area contributed by atoms with E-state index in [1.165, 1.54) is 25.7 Å². The summed E-state index contributed by atoms with van der Waals surface area (Å²) in [5.74, 6) is 0.181. The van der Waals surface area contributed by atoms with E-state index in [-0.39, 0.29) is 21.8 Å². The Hall–Kier alpha value is -0.0800. The highest BCUT2D eigenvalue weighted by molar-refractivity contribution is 6.64. The lowest BCUT2D eigenvalue weighted by atomic mass is 9.77. The highest BCUT2D eigenvalue weighted by Gasteiger charge is 2.32. The summed E-state index contributed by atoms with van der Waals surface area (Å²) in [4.78, 5) is 21.5. The summed E-state index contributed by atoms with van der Waals surface area (Å²) in [6.07, 6.45) is 11.2. The average molecular weight is 307 g/mol. The van der Waals surface area contributed by atoms with Gasteiger partial charge in [-0.3, -0.25) is 9.59 Å². The fourth-order valence-electron chi connectivity index (χ4n) is 2.86. The molecule has 4 heteroatoms. The summed E-state index contributed by atoms with van der Waals surface area (Å²) < 4.78 is 0. The van der Waals surface area contributed by atoms with Crippen molar-refractivity contribution >= 4 is 33.7 Å². The summed E-state index contributed by atoms with van der Waals surface area (Å²) in [7, 11) is 0. The van der Waals surface area contributed by atoms with Crippen molar-refractivity contribution in [3.05, 3.63) is 0 Å². The van der Waals surface area contributed by atoms with E-state index in [2.05, 4.69) is 0 Å². The third kappa shape index (κ3) is 5.83. The van der Waals surface area contributed by atoms with Crippen LogP contribution in [0.2, 0.25) is 0 Å². The maximum Gasteiger partial charge on any atom is 0.227 e. The standard InChI is InChI=1S/C8H13ClO.C7H11ClO/c1-8(7(9)10)5-3-2-4-6-8;8-7(9)6-4-2-1-3-5-6/h2-6H2,1H3;6H,1-5H2. The molecule has 0 heterocycles. The van der Waals surface area contributed by atoms with E-state index in [1.54, 1.807) is 0 Å². The molecule has 0 saturated heterocycles. The van der Waals surface area contributed by atoms with Gasteiger partial charge in [0, 0.05) is 11.3 Å². The summed E-state index contributed by atoms with van der Waals surface area (Å²) in [5, 5.41) is -0.276. The number of carbonyl (C=O) groups excluding carboxylic acids is 2. The van der Waals surface area contributed by atoms with Crippen molar-refractivity contribution in [3.63, 3.8) is 0 Å². The zero-order chi connectivity index (χ0) is 14.3. The van der Waals surface area contributed by atoms with Crippen molar-refractivity contribution in [2.24, 2.45) is 11.3 Å². The molecule has 0 amide bonds. The molecule has 0 unspecified atom stereocenters. The molecule has 2 aliphatic rings. The Morgan fingerprint density at radius 3 is 1.68 bits per heavy atom. The maximum absolute atomic E-state index is 10.9. The Kier molecular flexibility index (Phi) is 7.38. The first-order chi connectivity index (χ1) is 8.96. The van der Waals surface area contributed by atoms with Gasteiger partial charge in [-0.15, -0.1) is 0 Å². The van der Waals surface area contributed by atoms with Gasteiger partial charge in [0.2, 0.25) is 10.5 Å². The van der Waals surface area contributed by atoms with Gasteiger partial charge in [0.25, 0.3) is 0 Å². The van der Waals surface area contributed by atoms with Crippen LogP contribution in [0.5, 0.6) is 0 Å². The van der Waals surface area contributed by atoms with Crippen LogP contribution in [0, 0.1) is 11.3 Å². The summed E-state index contributed by atoms with van der Waals surface area (Å²) in [6.45, 7) is 1.97. The van der Waals surface area contributed by atoms with Crippen molar-refractivity contribution in [2.75, 3.05) is 0 Å². The summed E-state index contributed by atoms with van der Waals surface area (Å²) in [6, 6.07) is 0. The van der Waals surface area contributed by atoms with Crippen LogP contribution >= 0.6 is 23.2 Å². The monoisotopic (exact) mass is 306 g/mol. The van der Waals surface area contributed by atoms with Crippen LogP contribution in [-0.2, 0) is 9.59 Å². The van der Waals surface area contributed by atoms with Crippen molar-refractivity contribution in [1.29, 1.82) is 0 Å². The molecule has 0 bridgehead atoms. The second-order valence-electron chi connectivity index (χ2n) is 6.03. The van der Waals surface area contributed by atoms with Crippen LogP contribution in [0.3, 0.4) is 0 Å². The fourth-order valence-corrected chi connectivity index (χ4v) is 3.27. The molecule has 2 nitrogen and oxygen atoms in total. The van der Waals surface area contributed by atoms with Gasteiger partial charge < -0.3 is 0 Å². The van der Waals surface area contributed by atoms with Gasteiger partial charge in [-0.25, -0.2) is 0 Å². The van der Waals surface area contributed by atoms with Crippen molar-refractivity contribution < 1.29 is 9.59 Å². The van der Waals surface area contributed by atoms with E-state index < -0.39 is 0 Å². The van der Waals surface area contributed by atoms with E-state index in [0.717, 1.165) is 38.5 Å². The van der Waals surface area contributed by atoms with E-state index in [4.69, 9.17) is 23.2 Å². The third-order valence-corrected chi connectivity index (χ3v) is 5.12. The number of hydrogen-bond donors (Lipinski definition) is 0. The largest absolute Gasteiger partial charge is 0.281 e. The second kappa shape index (κ2) is 8.26. The first-order valence-corrected chi connectivity index (χ1v) is 8.10. The van der Waals surface area contributed by atoms with Gasteiger partial charge in [-0.1, -0.05) is 45.4 Å². The molecule has 2 saturated carbocycles. The zero-order valence-electron chi connectivity index (χ0n) is 11.7. The highest BCUT2D eigenvalue weighted by atomic mass is 35.5. The molecule has 110 valence electrons. The summed E-state index contributed by atoms with van der Waals surface area (Å²) >= 11 is 10.8. The van der Waals surface area contributed by atoms with Gasteiger partial charge in [-0.2, -0.15) is 0 Å². The lowest BCUT2D eigenvalue weighted by molar-refractivity contribution is -0.121. The third-order valence-electron chi connectivity index (χ3n) is 4.36. The molecule has 0 N–H and O–H groups in total. The SMILES string of the molecule is CC1(C(=O)Cl)CCCCC1.O=C(Cl)C1CCCCC1. The highest BCUT2D eigenvalue weighted by Crippen LogP contribution is 2.37. The minimum Gasteiger partial charge on any atom is -0.281 e. The van der Waals surface area contributed by atoms with E-state index in [0.29, 0.717) is 0 Å². The first kappa shape index (κ1) is 17.0. The molecule has 0 aliphatic heterocycles. The van der Waals surface area contributed by atoms with E-state index in [1.807, 2.05) is 6.92 Å². The first-order valence-electron chi connectivity index (χ1n) is 7.35. The van der Waals surface area contributed by atoms with Gasteiger partial charge in [0.1, 0.15) is 0 Å². The molecule has 0 radical (unpaired) electrons. The van der Waals surface area contributed by atoms with E-state index >= 15 is 0 Å². The predicted molar refractivity (Wildman–Crippen MR) is 79.5 cm³/mol. The molecule has 2 rings (SSSR count). The van der Waals surface area contributed by atoms with Gasteiger partial charge in [0.15, 0.2) is 0 Å². The number of halogens is 2. The van der Waals surface area contributed by atoms with Crippen LogP contribution in [0.1, 0.15) is 71.1 Å². The molecule has 0 aromatic carbocycles. The Morgan fingerprint density at radius 2 is 1.37 bits per heavy atom. The Bertz CT molecular complexity index is 303. The molecule has 2 aliphatic carbocycles. The van der Waals surface area contributed by atoms with Crippen LogP contribution in [0.15, 0.2) is 0 Å². The van der Waals surface area contributed by atoms with Crippen molar-refractivity contribution in [1.82, 2.24) is 0 Å². The number of hydrogen-bond acceptors (Lipinski definition) is 2. The normalized spacial score (nSPS) is 23.1. The minimum atomic E-state index is -0.195. The zero-order valence-corrected chi connectivity index (χ0v) is 13.2. The van der Waals surface area contributed by atoms with Crippen LogP contribution in [-0.4, -0.2) is 10.5 Å². The quantitative estimate of drug-likeness (QED) is 0.669. The van der Waals surface area contributed by atoms with Gasteiger partial charge >= 0.3 is 0 Å². The lowest BCUT2D eigenvalue weighted by Gasteiger charge is -2.29. The maximum atomic E-state index is 10.9. The van der Waals surface area contributed by atoms with Crippen molar-refractivity contribution in [2.45, 2.75) is 71.1 Å². The van der Waals surface area contributed by atoms with Gasteiger partial charge in [-0.05, 0) is 48.9 Å². The number of rotatable bonds is 2. The Labute approximate surface area is 126 Å². The minimum absolute atomic E-state index is 0.130. The molecule has 19 heavy (non-hydrogen) atoms. The van der Waals surface area contributed by atoms with Gasteiger partial charge in [0.05, 0.1) is 0 Å². The average Bonchev–Trinajstić information content (AvgIpc) is 2.41. The smallest absolute Gasteiger partial charge is 0.227 e. The van der Waals surface area contributed by atoms with E-state index in [9.17, 15) is 9.59 Å². The molecule has 2 fully saturated rings. The molecular weight excluding hydrogens is 283 g/mol. The molecule has 0 aromatic heterocycles. The van der Waals surface area contributed by atoms with Crippen LogP contribution in [0.25, 0.3) is 0 Å². The van der Waals surface area contributed by atoms with Crippen molar-refractivity contribution in [3.8, 4) is 0 Å². The predicted octanol–water partition coefficient (Wildman–Crippen LogP) is 5.05. The topological polar surface area (TPSA) is 34.1 Å². The van der Waals surface area contributed by atoms with Crippen LogP contribution < -0.4 is 0 Å². The molecule has 0 spiro atoms. The number of carbonyl (C=O) groups is 2. The molecule has 0 atom stereocenters. The Morgan fingerprint density at radius 1 is 0.895 bits per heavy atom. The molecule has 0 aromatic rings. The summed E-state index contributed by atoms with van der Waals surface area (Å²) in [5.41, 5.74) is -0.195. The Balaban J connectivity index is 0.000000191. The fraction of sp³-hybridized carbons (Fsp3) is 0.867.